The fourth-order valence-electron chi connectivity index (χ4n) is 1.76. The van der Waals surface area contributed by atoms with Crippen molar-refractivity contribution in [1.29, 1.82) is 0 Å². The van der Waals surface area contributed by atoms with Crippen molar-refractivity contribution in [2.45, 2.75) is 50.0 Å². The van der Waals surface area contributed by atoms with Crippen LogP contribution in [0.15, 0.2) is 34.2 Å². The van der Waals surface area contributed by atoms with Crippen LogP contribution in [0, 0.1) is 13.8 Å². The second-order valence-corrected chi connectivity index (χ2v) is 7.14. The Kier molecular flexibility index (Phi) is 4.04. The Morgan fingerprint density at radius 3 is 2.40 bits per heavy atom. The van der Waals surface area contributed by atoms with Crippen LogP contribution in [0.1, 0.15) is 37.7 Å². The van der Waals surface area contributed by atoms with Gasteiger partial charge in [0.2, 0.25) is 0 Å². The van der Waals surface area contributed by atoms with E-state index in [9.17, 15) is 0 Å². The molecule has 2 rings (SSSR count). The number of nitrogen functional groups attached to an aromatic ring is 1. The van der Waals surface area contributed by atoms with Crippen LogP contribution in [0.5, 0.6) is 0 Å². The van der Waals surface area contributed by atoms with Gasteiger partial charge in [-0.3, -0.25) is 0 Å². The molecule has 0 bridgehead atoms. The molecule has 0 radical (unpaired) electrons. The number of nitrogens with zero attached hydrogens (tertiary/aromatic N) is 2. The first-order valence-electron chi connectivity index (χ1n) is 6.66. The van der Waals surface area contributed by atoms with Gasteiger partial charge in [0.1, 0.15) is 16.7 Å². The molecule has 2 aromatic rings. The summed E-state index contributed by atoms with van der Waals surface area (Å²) in [6.07, 6.45) is 0. The van der Waals surface area contributed by atoms with E-state index in [1.165, 1.54) is 16.0 Å². The van der Waals surface area contributed by atoms with Gasteiger partial charge >= 0.3 is 0 Å². The van der Waals surface area contributed by atoms with Crippen LogP contribution in [-0.2, 0) is 5.41 Å². The van der Waals surface area contributed by atoms with Crippen LogP contribution in [0.3, 0.4) is 0 Å². The van der Waals surface area contributed by atoms with Crippen LogP contribution in [0.2, 0.25) is 0 Å². The number of hydrogen-bond donors (Lipinski definition) is 1. The Morgan fingerprint density at radius 1 is 1.05 bits per heavy atom. The summed E-state index contributed by atoms with van der Waals surface area (Å²) >= 11 is 1.64. The van der Waals surface area contributed by atoms with Gasteiger partial charge in [0.15, 0.2) is 0 Å². The monoisotopic (exact) mass is 287 g/mol. The van der Waals surface area contributed by atoms with Crippen molar-refractivity contribution in [2.75, 3.05) is 5.73 Å². The van der Waals surface area contributed by atoms with E-state index in [4.69, 9.17) is 5.73 Å². The summed E-state index contributed by atoms with van der Waals surface area (Å²) in [7, 11) is 0. The van der Waals surface area contributed by atoms with Crippen LogP contribution in [-0.4, -0.2) is 9.97 Å². The number of hydrogen-bond acceptors (Lipinski definition) is 4. The lowest BCUT2D eigenvalue weighted by Gasteiger charge is -2.17. The SMILES string of the molecule is Cc1ccc(C)c(Sc2cc(N)nc(C(C)(C)C)n2)c1. The highest BCUT2D eigenvalue weighted by atomic mass is 32.2. The summed E-state index contributed by atoms with van der Waals surface area (Å²) in [6.45, 7) is 10.5. The highest BCUT2D eigenvalue weighted by Crippen LogP contribution is 2.31. The molecule has 0 fully saturated rings. The standard InChI is InChI=1S/C16H21N3S/c1-10-6-7-11(2)12(8-10)20-14-9-13(17)18-15(19-14)16(3,4)5/h6-9H,1-5H3,(H2,17,18,19). The zero-order valence-corrected chi connectivity index (χ0v) is 13.5. The highest BCUT2D eigenvalue weighted by molar-refractivity contribution is 7.99. The molecule has 0 atom stereocenters. The average molecular weight is 287 g/mol. The Labute approximate surface area is 125 Å². The maximum absolute atomic E-state index is 5.91. The maximum Gasteiger partial charge on any atom is 0.137 e. The van der Waals surface area contributed by atoms with Gasteiger partial charge in [-0.25, -0.2) is 9.97 Å². The molecule has 20 heavy (non-hydrogen) atoms. The van der Waals surface area contributed by atoms with Gasteiger partial charge in [0, 0.05) is 16.4 Å². The summed E-state index contributed by atoms with van der Waals surface area (Å²) < 4.78 is 0. The predicted molar refractivity (Wildman–Crippen MR) is 85.2 cm³/mol. The third kappa shape index (κ3) is 3.51. The van der Waals surface area contributed by atoms with Crippen molar-refractivity contribution >= 4 is 17.6 Å². The Hall–Kier alpha value is -1.55. The molecule has 106 valence electrons. The van der Waals surface area contributed by atoms with Gasteiger partial charge in [0.25, 0.3) is 0 Å². The van der Waals surface area contributed by atoms with Crippen LogP contribution >= 0.6 is 11.8 Å². The largest absolute Gasteiger partial charge is 0.384 e. The van der Waals surface area contributed by atoms with Crippen molar-refractivity contribution in [3.63, 3.8) is 0 Å². The first kappa shape index (κ1) is 14.9. The topological polar surface area (TPSA) is 51.8 Å². The third-order valence-electron chi connectivity index (χ3n) is 2.95. The van der Waals surface area contributed by atoms with E-state index < -0.39 is 0 Å². The zero-order valence-electron chi connectivity index (χ0n) is 12.7. The molecule has 0 aliphatic rings. The van der Waals surface area contributed by atoms with E-state index in [1.54, 1.807) is 11.8 Å². The Balaban J connectivity index is 2.39. The molecule has 1 aromatic carbocycles. The second-order valence-electron chi connectivity index (χ2n) is 6.08. The first-order valence-corrected chi connectivity index (χ1v) is 7.47. The van der Waals surface area contributed by atoms with Gasteiger partial charge in [-0.1, -0.05) is 44.7 Å². The predicted octanol–water partition coefficient (Wildman–Crippen LogP) is 4.12. The number of nitrogens with two attached hydrogens (primary N) is 1. The van der Waals surface area contributed by atoms with Crippen molar-refractivity contribution in [1.82, 2.24) is 9.97 Å². The molecule has 0 aliphatic carbocycles. The quantitative estimate of drug-likeness (QED) is 0.844. The Bertz CT molecular complexity index is 630. The van der Waals surface area contributed by atoms with Gasteiger partial charge in [0.05, 0.1) is 0 Å². The molecule has 0 saturated carbocycles. The molecule has 0 amide bonds. The molecular weight excluding hydrogens is 266 g/mol. The fraction of sp³-hybridized carbons (Fsp3) is 0.375. The number of anilines is 1. The van der Waals surface area contributed by atoms with Gasteiger partial charge in [-0.05, 0) is 31.0 Å². The number of aryl methyl sites for hydroxylation is 2. The lowest BCUT2D eigenvalue weighted by Crippen LogP contribution is -2.17. The molecule has 1 aromatic heterocycles. The smallest absolute Gasteiger partial charge is 0.137 e. The molecule has 3 nitrogen and oxygen atoms in total. The molecule has 0 unspecified atom stereocenters. The minimum absolute atomic E-state index is 0.105. The summed E-state index contributed by atoms with van der Waals surface area (Å²) in [6, 6.07) is 8.26. The lowest BCUT2D eigenvalue weighted by atomic mass is 9.96. The molecule has 0 spiro atoms. The fourth-order valence-corrected chi connectivity index (χ4v) is 2.77. The molecule has 0 saturated heterocycles. The average Bonchev–Trinajstić information content (AvgIpc) is 2.32. The van der Waals surface area contributed by atoms with E-state index in [0.717, 1.165) is 10.9 Å². The summed E-state index contributed by atoms with van der Waals surface area (Å²) in [4.78, 5) is 10.2. The summed E-state index contributed by atoms with van der Waals surface area (Å²) in [5.74, 6) is 1.31. The van der Waals surface area contributed by atoms with Crippen molar-refractivity contribution in [3.8, 4) is 0 Å². The van der Waals surface area contributed by atoms with E-state index in [-0.39, 0.29) is 5.41 Å². The van der Waals surface area contributed by atoms with E-state index in [1.807, 2.05) is 6.07 Å². The minimum atomic E-state index is -0.105. The summed E-state index contributed by atoms with van der Waals surface area (Å²) in [5, 5.41) is 0.899. The van der Waals surface area contributed by atoms with Crippen LogP contribution < -0.4 is 5.73 Å². The lowest BCUT2D eigenvalue weighted by molar-refractivity contribution is 0.540. The number of aromatic nitrogens is 2. The van der Waals surface area contributed by atoms with Crippen molar-refractivity contribution < 1.29 is 0 Å². The Morgan fingerprint density at radius 2 is 1.75 bits per heavy atom. The van der Waals surface area contributed by atoms with Gasteiger partial charge < -0.3 is 5.73 Å². The molecule has 2 N–H and O–H groups in total. The van der Waals surface area contributed by atoms with Gasteiger partial charge in [-0.15, -0.1) is 0 Å². The van der Waals surface area contributed by atoms with Gasteiger partial charge in [-0.2, -0.15) is 0 Å². The van der Waals surface area contributed by atoms with E-state index in [2.05, 4.69) is 62.8 Å². The first-order chi connectivity index (χ1) is 9.25. The van der Waals surface area contributed by atoms with E-state index in [0.29, 0.717) is 5.82 Å². The zero-order chi connectivity index (χ0) is 14.9. The van der Waals surface area contributed by atoms with Crippen LogP contribution in [0.4, 0.5) is 5.82 Å². The summed E-state index contributed by atoms with van der Waals surface area (Å²) in [5.41, 5.74) is 8.30. The van der Waals surface area contributed by atoms with Crippen molar-refractivity contribution in [3.05, 3.63) is 41.2 Å². The number of benzene rings is 1. The number of rotatable bonds is 2. The maximum atomic E-state index is 5.91. The van der Waals surface area contributed by atoms with Crippen LogP contribution in [0.25, 0.3) is 0 Å². The highest BCUT2D eigenvalue weighted by Gasteiger charge is 2.19. The second kappa shape index (κ2) is 5.44. The normalized spacial score (nSPS) is 11.7. The molecule has 1 heterocycles. The molecular formula is C16H21N3S. The minimum Gasteiger partial charge on any atom is -0.384 e. The third-order valence-corrected chi connectivity index (χ3v) is 4.03. The van der Waals surface area contributed by atoms with E-state index >= 15 is 0 Å². The molecule has 0 aliphatic heterocycles. The molecule has 4 heteroatoms. The van der Waals surface area contributed by atoms with Crippen molar-refractivity contribution in [2.24, 2.45) is 0 Å².